The number of rotatable bonds is 7. The topological polar surface area (TPSA) is 82.2 Å². The summed E-state index contributed by atoms with van der Waals surface area (Å²) in [5.74, 6) is -0.834. The van der Waals surface area contributed by atoms with Crippen molar-refractivity contribution < 1.29 is 32.3 Å². The van der Waals surface area contributed by atoms with E-state index in [4.69, 9.17) is 16.3 Å². The van der Waals surface area contributed by atoms with Gasteiger partial charge in [0.2, 0.25) is 0 Å². The van der Waals surface area contributed by atoms with E-state index in [0.717, 1.165) is 12.1 Å². The standard InChI is InChI=1S/C28H30ClF3N4O4/c1-3-36-22(17-34-13-15-35(16-14-34)25(37)20-7-5-6-8-21(20)29)23(26(38)40-4-2)24(33-27(36)39)18-9-11-19(12-10-18)28(30,31)32/h5-12,24H,3-4,13-17H2,1-2H3,(H,33,39)/t24-/m0/s1. The lowest BCUT2D eigenvalue weighted by Crippen LogP contribution is -2.53. The largest absolute Gasteiger partial charge is 0.463 e. The van der Waals surface area contributed by atoms with Gasteiger partial charge in [-0.2, -0.15) is 13.2 Å². The third kappa shape index (κ3) is 6.26. The van der Waals surface area contributed by atoms with Gasteiger partial charge in [-0.1, -0.05) is 35.9 Å². The Labute approximate surface area is 235 Å². The van der Waals surface area contributed by atoms with Crippen LogP contribution in [0.1, 0.15) is 41.4 Å². The highest BCUT2D eigenvalue weighted by atomic mass is 35.5. The summed E-state index contributed by atoms with van der Waals surface area (Å²) < 4.78 is 44.8. The molecule has 0 unspecified atom stereocenters. The molecule has 2 aromatic rings. The first-order chi connectivity index (χ1) is 19.0. The summed E-state index contributed by atoms with van der Waals surface area (Å²) in [6, 6.07) is 9.73. The van der Waals surface area contributed by atoms with Crippen LogP contribution >= 0.6 is 11.6 Å². The molecule has 4 rings (SSSR count). The smallest absolute Gasteiger partial charge is 0.416 e. The number of urea groups is 1. The number of nitrogens with zero attached hydrogens (tertiary/aromatic N) is 3. The van der Waals surface area contributed by atoms with E-state index in [-0.39, 0.29) is 31.2 Å². The first-order valence-corrected chi connectivity index (χ1v) is 13.3. The average molecular weight is 579 g/mol. The van der Waals surface area contributed by atoms with Gasteiger partial charge in [0.15, 0.2) is 0 Å². The van der Waals surface area contributed by atoms with Crippen LogP contribution in [0, 0.1) is 0 Å². The Hall–Kier alpha value is -3.57. The second-order valence-electron chi connectivity index (χ2n) is 9.38. The Balaban J connectivity index is 1.61. The maximum Gasteiger partial charge on any atom is 0.416 e. The molecule has 1 atom stereocenters. The first kappa shape index (κ1) is 29.4. The van der Waals surface area contributed by atoms with Crippen LogP contribution in [0.2, 0.25) is 5.02 Å². The summed E-state index contributed by atoms with van der Waals surface area (Å²) in [6.07, 6.45) is -4.52. The number of carbonyl (C=O) groups excluding carboxylic acids is 3. The molecule has 12 heteroatoms. The molecule has 2 heterocycles. The number of ether oxygens (including phenoxy) is 1. The fourth-order valence-electron chi connectivity index (χ4n) is 4.90. The average Bonchev–Trinajstić information content (AvgIpc) is 2.93. The molecule has 8 nitrogen and oxygen atoms in total. The molecule has 3 amide bonds. The highest BCUT2D eigenvalue weighted by molar-refractivity contribution is 6.33. The number of alkyl halides is 3. The number of nitrogens with one attached hydrogen (secondary N) is 1. The van der Waals surface area contributed by atoms with Crippen molar-refractivity contribution >= 4 is 29.5 Å². The number of hydrogen-bond acceptors (Lipinski definition) is 5. The zero-order valence-corrected chi connectivity index (χ0v) is 22.9. The minimum absolute atomic E-state index is 0.0816. The van der Waals surface area contributed by atoms with E-state index < -0.39 is 29.8 Å². The van der Waals surface area contributed by atoms with Crippen molar-refractivity contribution in [3.63, 3.8) is 0 Å². The van der Waals surface area contributed by atoms with Gasteiger partial charge in [0.05, 0.1) is 34.4 Å². The Kier molecular flexibility index (Phi) is 9.05. The number of halogens is 4. The molecule has 1 saturated heterocycles. The van der Waals surface area contributed by atoms with Gasteiger partial charge in [-0.25, -0.2) is 9.59 Å². The Bertz CT molecular complexity index is 1290. The van der Waals surface area contributed by atoms with Crippen LogP contribution in [-0.2, 0) is 15.7 Å². The van der Waals surface area contributed by atoms with E-state index in [0.29, 0.717) is 48.0 Å². The van der Waals surface area contributed by atoms with Crippen molar-refractivity contribution in [3.05, 3.63) is 81.5 Å². The summed E-state index contributed by atoms with van der Waals surface area (Å²) in [7, 11) is 0. The number of likely N-dealkylation sites (N-methyl/N-ethyl adjacent to an activating group) is 1. The Morgan fingerprint density at radius 1 is 1.02 bits per heavy atom. The molecule has 1 fully saturated rings. The Morgan fingerprint density at radius 3 is 2.25 bits per heavy atom. The van der Waals surface area contributed by atoms with Gasteiger partial charge in [0.25, 0.3) is 5.91 Å². The molecule has 0 saturated carbocycles. The van der Waals surface area contributed by atoms with Crippen LogP contribution in [-0.4, -0.2) is 78.5 Å². The van der Waals surface area contributed by atoms with E-state index in [1.165, 1.54) is 17.0 Å². The van der Waals surface area contributed by atoms with E-state index >= 15 is 0 Å². The quantitative estimate of drug-likeness (QED) is 0.481. The maximum atomic E-state index is 13.2. The van der Waals surface area contributed by atoms with Gasteiger partial charge >= 0.3 is 18.2 Å². The summed E-state index contributed by atoms with van der Waals surface area (Å²) in [5.41, 5.74) is 0.496. The van der Waals surface area contributed by atoms with Crippen LogP contribution < -0.4 is 5.32 Å². The third-order valence-corrected chi connectivity index (χ3v) is 7.29. The van der Waals surface area contributed by atoms with Crippen molar-refractivity contribution in [2.24, 2.45) is 0 Å². The second-order valence-corrected chi connectivity index (χ2v) is 9.78. The van der Waals surface area contributed by atoms with Gasteiger partial charge in [0.1, 0.15) is 0 Å². The molecule has 0 aromatic heterocycles. The van der Waals surface area contributed by atoms with Crippen molar-refractivity contribution in [1.82, 2.24) is 20.0 Å². The van der Waals surface area contributed by atoms with Crippen LogP contribution in [0.3, 0.4) is 0 Å². The molecule has 0 radical (unpaired) electrons. The molecule has 0 aliphatic carbocycles. The molecule has 214 valence electrons. The van der Waals surface area contributed by atoms with Gasteiger partial charge in [-0.05, 0) is 43.7 Å². The predicted molar refractivity (Wildman–Crippen MR) is 143 cm³/mol. The summed E-state index contributed by atoms with van der Waals surface area (Å²) in [4.78, 5) is 44.5. The molecular formula is C28H30ClF3N4O4. The zero-order valence-electron chi connectivity index (χ0n) is 22.1. The fourth-order valence-corrected chi connectivity index (χ4v) is 5.11. The highest BCUT2D eigenvalue weighted by Crippen LogP contribution is 2.35. The van der Waals surface area contributed by atoms with Crippen LogP contribution in [0.5, 0.6) is 0 Å². The SMILES string of the molecule is CCOC(=O)C1=C(CN2CCN(C(=O)c3ccccc3Cl)CC2)N(CC)C(=O)N[C@H]1c1ccc(C(F)(F)F)cc1. The fraction of sp³-hybridized carbons (Fsp3) is 0.393. The Morgan fingerprint density at radius 2 is 1.68 bits per heavy atom. The lowest BCUT2D eigenvalue weighted by molar-refractivity contribution is -0.139. The van der Waals surface area contributed by atoms with Gasteiger partial charge in [-0.15, -0.1) is 0 Å². The molecule has 2 aliphatic heterocycles. The molecule has 0 bridgehead atoms. The number of amides is 3. The van der Waals surface area contributed by atoms with Gasteiger partial charge in [-0.3, -0.25) is 14.6 Å². The summed E-state index contributed by atoms with van der Waals surface area (Å²) in [6.45, 7) is 5.73. The van der Waals surface area contributed by atoms with Crippen LogP contribution in [0.4, 0.5) is 18.0 Å². The first-order valence-electron chi connectivity index (χ1n) is 13.0. The number of carbonyl (C=O) groups is 3. The predicted octanol–water partition coefficient (Wildman–Crippen LogP) is 4.72. The molecule has 1 N–H and O–H groups in total. The molecule has 2 aliphatic rings. The van der Waals surface area contributed by atoms with Crippen LogP contribution in [0.25, 0.3) is 0 Å². The van der Waals surface area contributed by atoms with Crippen LogP contribution in [0.15, 0.2) is 59.8 Å². The van der Waals surface area contributed by atoms with Gasteiger partial charge < -0.3 is 15.0 Å². The molecule has 0 spiro atoms. The molecular weight excluding hydrogens is 549 g/mol. The number of hydrogen-bond donors (Lipinski definition) is 1. The van der Waals surface area contributed by atoms with E-state index in [1.807, 2.05) is 4.90 Å². The number of benzene rings is 2. The minimum Gasteiger partial charge on any atom is -0.463 e. The number of esters is 1. The van der Waals surface area contributed by atoms with Crippen molar-refractivity contribution in [2.45, 2.75) is 26.1 Å². The number of piperazine rings is 1. The second kappa shape index (κ2) is 12.3. The van der Waals surface area contributed by atoms with Crippen molar-refractivity contribution in [1.29, 1.82) is 0 Å². The van der Waals surface area contributed by atoms with E-state index in [1.54, 1.807) is 43.0 Å². The monoisotopic (exact) mass is 578 g/mol. The maximum absolute atomic E-state index is 13.2. The normalized spacial score (nSPS) is 18.6. The summed E-state index contributed by atoms with van der Waals surface area (Å²) >= 11 is 6.20. The molecule has 40 heavy (non-hydrogen) atoms. The minimum atomic E-state index is -4.52. The lowest BCUT2D eigenvalue weighted by Gasteiger charge is -2.40. The third-order valence-electron chi connectivity index (χ3n) is 6.96. The highest BCUT2D eigenvalue weighted by Gasteiger charge is 2.39. The molecule has 2 aromatic carbocycles. The lowest BCUT2D eigenvalue weighted by atomic mass is 9.93. The zero-order chi connectivity index (χ0) is 29.0. The van der Waals surface area contributed by atoms with E-state index in [2.05, 4.69) is 5.32 Å². The summed E-state index contributed by atoms with van der Waals surface area (Å²) in [5, 5.41) is 3.13. The van der Waals surface area contributed by atoms with Crippen molar-refractivity contribution in [3.8, 4) is 0 Å². The van der Waals surface area contributed by atoms with Gasteiger partial charge in [0, 0.05) is 45.0 Å². The van der Waals surface area contributed by atoms with E-state index in [9.17, 15) is 27.6 Å². The van der Waals surface area contributed by atoms with Crippen molar-refractivity contribution in [2.75, 3.05) is 45.9 Å².